The topological polar surface area (TPSA) is 104 Å². The predicted octanol–water partition coefficient (Wildman–Crippen LogP) is -0.775. The van der Waals surface area contributed by atoms with Crippen LogP contribution in [0.15, 0.2) is 18.5 Å². The lowest BCUT2D eigenvalue weighted by Crippen LogP contribution is -2.41. The Morgan fingerprint density at radius 1 is 1.47 bits per heavy atom. The molecular formula is C10H15N3O4. The van der Waals surface area contributed by atoms with Gasteiger partial charge < -0.3 is 15.5 Å². The Morgan fingerprint density at radius 3 is 2.76 bits per heavy atom. The molecule has 0 aromatic carbocycles. The summed E-state index contributed by atoms with van der Waals surface area (Å²) in [4.78, 5) is 22.1. The highest BCUT2D eigenvalue weighted by atomic mass is 16.4. The number of hydrogen-bond acceptors (Lipinski definition) is 4. The number of aromatic nitrogens is 2. The van der Waals surface area contributed by atoms with Crippen LogP contribution >= 0.6 is 0 Å². The lowest BCUT2D eigenvalue weighted by Gasteiger charge is -2.12. The van der Waals surface area contributed by atoms with Gasteiger partial charge in [-0.05, 0) is 6.07 Å². The van der Waals surface area contributed by atoms with Gasteiger partial charge in [0.1, 0.15) is 6.04 Å². The van der Waals surface area contributed by atoms with Crippen LogP contribution in [-0.2, 0) is 16.1 Å². The molecule has 0 saturated carbocycles. The van der Waals surface area contributed by atoms with Crippen molar-refractivity contribution in [3.05, 3.63) is 18.5 Å². The van der Waals surface area contributed by atoms with Gasteiger partial charge in [0.2, 0.25) is 5.91 Å². The van der Waals surface area contributed by atoms with Crippen molar-refractivity contribution >= 4 is 11.9 Å². The fourth-order valence-electron chi connectivity index (χ4n) is 1.30. The molecule has 0 saturated heterocycles. The molecule has 7 nitrogen and oxygen atoms in total. The number of aliphatic hydroxyl groups excluding tert-OH is 1. The van der Waals surface area contributed by atoms with E-state index in [0.29, 0.717) is 6.54 Å². The van der Waals surface area contributed by atoms with Gasteiger partial charge in [-0.15, -0.1) is 0 Å². The normalized spacial score (nSPS) is 12.1. The summed E-state index contributed by atoms with van der Waals surface area (Å²) in [6.45, 7) is 0.112. The van der Waals surface area contributed by atoms with Crippen molar-refractivity contribution < 1.29 is 19.8 Å². The predicted molar refractivity (Wildman–Crippen MR) is 58.1 cm³/mol. The number of aryl methyl sites for hydroxylation is 1. The Hall–Kier alpha value is -1.89. The van der Waals surface area contributed by atoms with Crippen molar-refractivity contribution in [2.45, 2.75) is 25.4 Å². The van der Waals surface area contributed by atoms with Gasteiger partial charge in [0.05, 0.1) is 0 Å². The lowest BCUT2D eigenvalue weighted by molar-refractivity contribution is -0.142. The van der Waals surface area contributed by atoms with E-state index in [0.717, 1.165) is 0 Å². The van der Waals surface area contributed by atoms with Crippen molar-refractivity contribution in [3.63, 3.8) is 0 Å². The van der Waals surface area contributed by atoms with Gasteiger partial charge in [-0.1, -0.05) is 0 Å². The number of amides is 1. The molecule has 0 aliphatic heterocycles. The van der Waals surface area contributed by atoms with E-state index in [1.54, 1.807) is 23.1 Å². The van der Waals surface area contributed by atoms with Crippen molar-refractivity contribution in [3.8, 4) is 0 Å². The molecule has 0 fully saturated rings. The second kappa shape index (κ2) is 6.64. The number of aliphatic hydroxyl groups is 1. The number of nitrogens with one attached hydrogen (secondary N) is 1. The molecule has 1 unspecified atom stereocenters. The molecule has 1 atom stereocenters. The zero-order valence-electron chi connectivity index (χ0n) is 9.24. The van der Waals surface area contributed by atoms with Crippen molar-refractivity contribution in [2.24, 2.45) is 0 Å². The highest BCUT2D eigenvalue weighted by molar-refractivity contribution is 5.83. The number of aliphatic carboxylic acids is 1. The van der Waals surface area contributed by atoms with Gasteiger partial charge in [-0.2, -0.15) is 5.10 Å². The van der Waals surface area contributed by atoms with Crippen LogP contribution in [0, 0.1) is 0 Å². The van der Waals surface area contributed by atoms with Crippen LogP contribution in [0.25, 0.3) is 0 Å². The average Bonchev–Trinajstić information content (AvgIpc) is 2.78. The molecule has 0 bridgehead atoms. The molecule has 0 aliphatic carbocycles. The molecule has 0 spiro atoms. The van der Waals surface area contributed by atoms with Crippen molar-refractivity contribution in [1.82, 2.24) is 15.1 Å². The first kappa shape index (κ1) is 13.2. The number of carbonyl (C=O) groups excluding carboxylic acids is 1. The quantitative estimate of drug-likeness (QED) is 0.581. The highest BCUT2D eigenvalue weighted by Gasteiger charge is 2.18. The van der Waals surface area contributed by atoms with E-state index in [9.17, 15) is 9.59 Å². The molecule has 0 aliphatic rings. The Balaban J connectivity index is 2.34. The van der Waals surface area contributed by atoms with E-state index in [1.807, 2.05) is 0 Å². The summed E-state index contributed by atoms with van der Waals surface area (Å²) >= 11 is 0. The summed E-state index contributed by atoms with van der Waals surface area (Å²) in [6.07, 6.45) is 3.47. The molecule has 7 heteroatoms. The highest BCUT2D eigenvalue weighted by Crippen LogP contribution is 1.95. The van der Waals surface area contributed by atoms with Gasteiger partial charge in [0.25, 0.3) is 0 Å². The molecule has 1 amide bonds. The number of rotatable bonds is 7. The largest absolute Gasteiger partial charge is 0.480 e. The zero-order chi connectivity index (χ0) is 12.7. The number of carbonyl (C=O) groups is 2. The van der Waals surface area contributed by atoms with Crippen LogP contribution in [0.1, 0.15) is 12.8 Å². The molecule has 1 aromatic heterocycles. The maximum absolute atomic E-state index is 11.4. The van der Waals surface area contributed by atoms with Gasteiger partial charge in [-0.3, -0.25) is 9.48 Å². The van der Waals surface area contributed by atoms with Crippen molar-refractivity contribution in [1.29, 1.82) is 0 Å². The number of carboxylic acids is 1. The molecule has 1 aromatic rings. The number of carboxylic acid groups (broad SMARTS) is 1. The van der Waals surface area contributed by atoms with Crippen molar-refractivity contribution in [2.75, 3.05) is 6.61 Å². The molecule has 0 radical (unpaired) electrons. The van der Waals surface area contributed by atoms with Crippen LogP contribution in [0.5, 0.6) is 0 Å². The maximum Gasteiger partial charge on any atom is 0.326 e. The van der Waals surface area contributed by atoms with Gasteiger partial charge in [-0.25, -0.2) is 4.79 Å². The Bertz CT molecular complexity index is 364. The van der Waals surface area contributed by atoms with Gasteiger partial charge >= 0.3 is 5.97 Å². The fraction of sp³-hybridized carbons (Fsp3) is 0.500. The van der Waals surface area contributed by atoms with Crippen LogP contribution in [0.2, 0.25) is 0 Å². The molecular weight excluding hydrogens is 226 g/mol. The van der Waals surface area contributed by atoms with E-state index in [2.05, 4.69) is 10.4 Å². The van der Waals surface area contributed by atoms with E-state index >= 15 is 0 Å². The molecule has 17 heavy (non-hydrogen) atoms. The number of hydrogen-bond donors (Lipinski definition) is 3. The third-order valence-corrected chi connectivity index (χ3v) is 2.18. The zero-order valence-corrected chi connectivity index (χ0v) is 9.24. The third-order valence-electron chi connectivity index (χ3n) is 2.18. The minimum atomic E-state index is -1.15. The third kappa shape index (κ3) is 4.64. The van der Waals surface area contributed by atoms with Gasteiger partial charge in [0.15, 0.2) is 0 Å². The molecule has 94 valence electrons. The minimum absolute atomic E-state index is 0.00282. The monoisotopic (exact) mass is 241 g/mol. The summed E-state index contributed by atoms with van der Waals surface area (Å²) in [5.41, 5.74) is 0. The van der Waals surface area contributed by atoms with Gasteiger partial charge in [0, 0.05) is 38.4 Å². The first-order valence-electron chi connectivity index (χ1n) is 5.24. The lowest BCUT2D eigenvalue weighted by atomic mass is 10.2. The standard InChI is InChI=1S/C10H15N3O4/c14-7-3-8(10(16)17)12-9(15)2-6-13-5-1-4-11-13/h1,4-5,8,14H,2-3,6-7H2,(H,12,15)(H,16,17). The van der Waals surface area contributed by atoms with E-state index < -0.39 is 12.0 Å². The second-order valence-electron chi connectivity index (χ2n) is 3.49. The Morgan fingerprint density at radius 2 is 2.24 bits per heavy atom. The average molecular weight is 241 g/mol. The minimum Gasteiger partial charge on any atom is -0.480 e. The Labute approximate surface area is 98.1 Å². The smallest absolute Gasteiger partial charge is 0.326 e. The van der Waals surface area contributed by atoms with Crippen LogP contribution in [0.4, 0.5) is 0 Å². The van der Waals surface area contributed by atoms with Crippen LogP contribution in [-0.4, -0.2) is 44.5 Å². The second-order valence-corrected chi connectivity index (χ2v) is 3.49. The van der Waals surface area contributed by atoms with Crippen LogP contribution in [0.3, 0.4) is 0 Å². The first-order chi connectivity index (χ1) is 8.13. The maximum atomic E-state index is 11.4. The summed E-state index contributed by atoms with van der Waals surface area (Å²) in [5.74, 6) is -1.52. The molecule has 1 heterocycles. The molecule has 1 rings (SSSR count). The van der Waals surface area contributed by atoms with E-state index in [1.165, 1.54) is 0 Å². The van der Waals surface area contributed by atoms with E-state index in [4.69, 9.17) is 10.2 Å². The van der Waals surface area contributed by atoms with Crippen LogP contribution < -0.4 is 5.32 Å². The fourth-order valence-corrected chi connectivity index (χ4v) is 1.30. The summed E-state index contributed by atoms with van der Waals surface area (Å²) in [5, 5.41) is 23.7. The summed E-state index contributed by atoms with van der Waals surface area (Å²) in [6, 6.07) is 0.703. The van der Waals surface area contributed by atoms with E-state index in [-0.39, 0.29) is 25.4 Å². The number of nitrogens with zero attached hydrogens (tertiary/aromatic N) is 2. The first-order valence-corrected chi connectivity index (χ1v) is 5.24. The summed E-state index contributed by atoms with van der Waals surface area (Å²) in [7, 11) is 0. The Kier molecular flexibility index (Phi) is 5.15. The molecule has 3 N–H and O–H groups in total. The summed E-state index contributed by atoms with van der Waals surface area (Å²) < 4.78 is 1.58. The SMILES string of the molecule is O=C(CCn1cccn1)NC(CCO)C(=O)O.